The lowest BCUT2D eigenvalue weighted by Gasteiger charge is -2.24. The van der Waals surface area contributed by atoms with Crippen molar-refractivity contribution in [2.24, 2.45) is 12.0 Å². The normalized spacial score (nSPS) is 12.6. The second-order valence-electron chi connectivity index (χ2n) is 5.97. The Balaban J connectivity index is 0.00000338. The molecule has 2 N–H and O–H groups in total. The molecule has 26 heavy (non-hydrogen) atoms. The SMILES string of the molecule is CN=C(NCCSc1ccccc1)NCC(c1cnn(C)c1)N(C)C.I. The van der Waals surface area contributed by atoms with E-state index < -0.39 is 0 Å². The van der Waals surface area contributed by atoms with E-state index in [0.717, 1.165) is 24.8 Å². The Morgan fingerprint density at radius 1 is 1.27 bits per heavy atom. The van der Waals surface area contributed by atoms with Gasteiger partial charge in [-0.1, -0.05) is 18.2 Å². The fourth-order valence-corrected chi connectivity index (χ4v) is 3.27. The summed E-state index contributed by atoms with van der Waals surface area (Å²) in [4.78, 5) is 7.78. The number of aliphatic imine (C=N–C) groups is 1. The number of aromatic nitrogens is 2. The molecule has 1 unspecified atom stereocenters. The predicted octanol–water partition coefficient (Wildman–Crippen LogP) is 2.60. The zero-order valence-electron chi connectivity index (χ0n) is 15.8. The van der Waals surface area contributed by atoms with Gasteiger partial charge in [-0.25, -0.2) is 0 Å². The summed E-state index contributed by atoms with van der Waals surface area (Å²) in [5, 5.41) is 11.0. The Bertz CT molecular complexity index is 659. The van der Waals surface area contributed by atoms with Gasteiger partial charge in [-0.15, -0.1) is 35.7 Å². The topological polar surface area (TPSA) is 57.5 Å². The molecule has 2 aromatic rings. The van der Waals surface area contributed by atoms with E-state index in [1.165, 1.54) is 10.5 Å². The lowest BCUT2D eigenvalue weighted by atomic mass is 10.1. The van der Waals surface area contributed by atoms with Gasteiger partial charge >= 0.3 is 0 Å². The molecule has 144 valence electrons. The first-order valence-corrected chi connectivity index (χ1v) is 9.36. The van der Waals surface area contributed by atoms with E-state index in [9.17, 15) is 0 Å². The molecular formula is C18H29IN6S. The molecule has 0 saturated heterocycles. The van der Waals surface area contributed by atoms with Gasteiger partial charge < -0.3 is 15.5 Å². The molecule has 0 aliphatic carbocycles. The van der Waals surface area contributed by atoms with Crippen LogP contribution >= 0.6 is 35.7 Å². The molecule has 1 heterocycles. The number of hydrogen-bond acceptors (Lipinski definition) is 4. The molecule has 0 radical (unpaired) electrons. The molecule has 1 aromatic heterocycles. The van der Waals surface area contributed by atoms with Crippen molar-refractivity contribution in [3.63, 3.8) is 0 Å². The lowest BCUT2D eigenvalue weighted by Crippen LogP contribution is -2.42. The second kappa shape index (κ2) is 12.2. The predicted molar refractivity (Wildman–Crippen MR) is 122 cm³/mol. The Hall–Kier alpha value is -1.26. The van der Waals surface area contributed by atoms with Gasteiger partial charge in [-0.2, -0.15) is 5.10 Å². The number of likely N-dealkylation sites (N-methyl/N-ethyl adjacent to an activating group) is 1. The van der Waals surface area contributed by atoms with Crippen LogP contribution in [0.2, 0.25) is 0 Å². The highest BCUT2D eigenvalue weighted by molar-refractivity contribution is 14.0. The molecule has 0 aliphatic rings. The summed E-state index contributed by atoms with van der Waals surface area (Å²) in [5.74, 6) is 1.81. The van der Waals surface area contributed by atoms with Crippen molar-refractivity contribution < 1.29 is 0 Å². The van der Waals surface area contributed by atoms with Crippen LogP contribution in [0.15, 0.2) is 52.6 Å². The first-order chi connectivity index (χ1) is 12.1. The molecular weight excluding hydrogens is 459 g/mol. The zero-order chi connectivity index (χ0) is 18.1. The van der Waals surface area contributed by atoms with Crippen molar-refractivity contribution >= 4 is 41.7 Å². The van der Waals surface area contributed by atoms with Crippen LogP contribution in [0, 0.1) is 0 Å². The third-order valence-corrected chi connectivity index (χ3v) is 4.84. The van der Waals surface area contributed by atoms with Gasteiger partial charge in [-0.05, 0) is 26.2 Å². The fourth-order valence-electron chi connectivity index (χ4n) is 2.48. The van der Waals surface area contributed by atoms with E-state index in [2.05, 4.69) is 70.2 Å². The van der Waals surface area contributed by atoms with Crippen LogP contribution in [0.4, 0.5) is 0 Å². The molecule has 8 heteroatoms. The van der Waals surface area contributed by atoms with Crippen LogP contribution < -0.4 is 10.6 Å². The van der Waals surface area contributed by atoms with Crippen LogP contribution in [-0.4, -0.2) is 60.6 Å². The summed E-state index contributed by atoms with van der Waals surface area (Å²) in [6.07, 6.45) is 3.97. The van der Waals surface area contributed by atoms with Crippen molar-refractivity contribution in [1.29, 1.82) is 0 Å². The van der Waals surface area contributed by atoms with E-state index >= 15 is 0 Å². The number of aryl methyl sites for hydroxylation is 1. The largest absolute Gasteiger partial charge is 0.356 e. The lowest BCUT2D eigenvalue weighted by molar-refractivity contribution is 0.298. The molecule has 2 rings (SSSR count). The maximum absolute atomic E-state index is 4.31. The molecule has 0 fully saturated rings. The van der Waals surface area contributed by atoms with Gasteiger partial charge in [0.1, 0.15) is 0 Å². The molecule has 0 amide bonds. The number of thioether (sulfide) groups is 1. The summed E-state index contributed by atoms with van der Waals surface area (Å²) in [6.45, 7) is 1.63. The van der Waals surface area contributed by atoms with Gasteiger partial charge in [0.15, 0.2) is 5.96 Å². The molecule has 1 atom stereocenters. The number of guanidine groups is 1. The van der Waals surface area contributed by atoms with Gasteiger partial charge in [0.2, 0.25) is 0 Å². The average molecular weight is 488 g/mol. The number of benzene rings is 1. The highest BCUT2D eigenvalue weighted by Gasteiger charge is 2.16. The quantitative estimate of drug-likeness (QED) is 0.197. The average Bonchev–Trinajstić information content (AvgIpc) is 3.03. The molecule has 0 aliphatic heterocycles. The summed E-state index contributed by atoms with van der Waals surface area (Å²) in [6, 6.07) is 10.7. The van der Waals surface area contributed by atoms with E-state index in [4.69, 9.17) is 0 Å². The number of nitrogens with one attached hydrogen (secondary N) is 2. The minimum Gasteiger partial charge on any atom is -0.356 e. The van der Waals surface area contributed by atoms with Gasteiger partial charge in [0.05, 0.1) is 12.2 Å². The number of hydrogen-bond donors (Lipinski definition) is 2. The van der Waals surface area contributed by atoms with Crippen molar-refractivity contribution in [1.82, 2.24) is 25.3 Å². The van der Waals surface area contributed by atoms with E-state index in [0.29, 0.717) is 0 Å². The van der Waals surface area contributed by atoms with Crippen molar-refractivity contribution in [3.8, 4) is 0 Å². The molecule has 0 spiro atoms. The first kappa shape index (κ1) is 22.8. The smallest absolute Gasteiger partial charge is 0.191 e. The number of rotatable bonds is 8. The Morgan fingerprint density at radius 2 is 2.00 bits per heavy atom. The summed E-state index contributed by atoms with van der Waals surface area (Å²) < 4.78 is 1.83. The third-order valence-electron chi connectivity index (χ3n) is 3.83. The zero-order valence-corrected chi connectivity index (χ0v) is 19.0. The maximum Gasteiger partial charge on any atom is 0.191 e. The minimum atomic E-state index is 0. The van der Waals surface area contributed by atoms with Crippen LogP contribution in [0.3, 0.4) is 0 Å². The third kappa shape index (κ3) is 7.55. The molecule has 1 aromatic carbocycles. The summed E-state index contributed by atoms with van der Waals surface area (Å²) >= 11 is 1.84. The van der Waals surface area contributed by atoms with Crippen molar-refractivity contribution in [2.75, 3.05) is 40.0 Å². The minimum absolute atomic E-state index is 0. The Morgan fingerprint density at radius 3 is 2.58 bits per heavy atom. The van der Waals surface area contributed by atoms with E-state index in [-0.39, 0.29) is 30.0 Å². The number of nitrogens with zero attached hydrogens (tertiary/aromatic N) is 4. The highest BCUT2D eigenvalue weighted by atomic mass is 127. The first-order valence-electron chi connectivity index (χ1n) is 8.37. The van der Waals surface area contributed by atoms with E-state index in [1.54, 1.807) is 7.05 Å². The van der Waals surface area contributed by atoms with Crippen LogP contribution in [-0.2, 0) is 7.05 Å². The van der Waals surface area contributed by atoms with Crippen molar-refractivity contribution in [3.05, 3.63) is 48.3 Å². The monoisotopic (exact) mass is 488 g/mol. The van der Waals surface area contributed by atoms with Gasteiger partial charge in [0.25, 0.3) is 0 Å². The Labute approximate surface area is 177 Å². The van der Waals surface area contributed by atoms with Crippen LogP contribution in [0.5, 0.6) is 0 Å². The fraction of sp³-hybridized carbons (Fsp3) is 0.444. The molecule has 6 nitrogen and oxygen atoms in total. The maximum atomic E-state index is 4.31. The Kier molecular flexibility index (Phi) is 10.7. The van der Waals surface area contributed by atoms with Gasteiger partial charge in [0, 0.05) is 49.6 Å². The van der Waals surface area contributed by atoms with Gasteiger partial charge in [-0.3, -0.25) is 9.67 Å². The standard InChI is InChI=1S/C18H28N6S.HI/c1-19-18(20-10-11-25-16-8-6-5-7-9-16)21-13-17(23(2)3)15-12-22-24(4)14-15;/h5-9,12,14,17H,10-11,13H2,1-4H3,(H2,19,20,21);1H. The summed E-state index contributed by atoms with van der Waals surface area (Å²) in [7, 11) is 7.89. The molecule has 0 saturated carbocycles. The van der Waals surface area contributed by atoms with Crippen LogP contribution in [0.25, 0.3) is 0 Å². The highest BCUT2D eigenvalue weighted by Crippen LogP contribution is 2.16. The van der Waals surface area contributed by atoms with Crippen molar-refractivity contribution in [2.45, 2.75) is 10.9 Å². The summed E-state index contributed by atoms with van der Waals surface area (Å²) in [5.41, 5.74) is 1.19. The van der Waals surface area contributed by atoms with Crippen LogP contribution in [0.1, 0.15) is 11.6 Å². The van der Waals surface area contributed by atoms with E-state index in [1.807, 2.05) is 35.8 Å². The molecule has 0 bridgehead atoms. The second-order valence-corrected chi connectivity index (χ2v) is 7.14. The number of halogens is 1.